The highest BCUT2D eigenvalue weighted by Gasteiger charge is 2.22. The van der Waals surface area contributed by atoms with Crippen LogP contribution < -0.4 is 11.1 Å². The van der Waals surface area contributed by atoms with Gasteiger partial charge in [0.25, 0.3) is 0 Å². The molecule has 0 aliphatic heterocycles. The zero-order valence-corrected chi connectivity index (χ0v) is 11.3. The van der Waals surface area contributed by atoms with E-state index >= 15 is 0 Å². The van der Waals surface area contributed by atoms with E-state index in [1.54, 1.807) is 0 Å². The van der Waals surface area contributed by atoms with Gasteiger partial charge in [0.2, 0.25) is 5.91 Å². The van der Waals surface area contributed by atoms with Gasteiger partial charge in [-0.2, -0.15) is 0 Å². The number of carbonyl (C=O) groups is 1. The predicted molar refractivity (Wildman–Crippen MR) is 68.3 cm³/mol. The largest absolute Gasteiger partial charge is 0.352 e. The minimum Gasteiger partial charge on any atom is -0.352 e. The zero-order chi connectivity index (χ0) is 12.7. The lowest BCUT2D eigenvalue weighted by atomic mass is 10.1. The third-order valence-corrected chi connectivity index (χ3v) is 3.36. The average Bonchev–Trinajstić information content (AvgIpc) is 2.32. The van der Waals surface area contributed by atoms with E-state index in [1.807, 2.05) is 25.8 Å². The molecule has 1 amide bonds. The van der Waals surface area contributed by atoms with Gasteiger partial charge in [-0.25, -0.2) is 0 Å². The van der Waals surface area contributed by atoms with E-state index in [0.29, 0.717) is 6.54 Å². The number of nitrogens with two attached hydrogens (primary N) is 1. The van der Waals surface area contributed by atoms with Crippen LogP contribution in [0.2, 0.25) is 0 Å². The lowest BCUT2D eigenvalue weighted by Gasteiger charge is -2.30. The highest BCUT2D eigenvalue weighted by atomic mass is 16.2. The topological polar surface area (TPSA) is 58.4 Å². The minimum atomic E-state index is -0.126. The van der Waals surface area contributed by atoms with Crippen LogP contribution in [0.3, 0.4) is 0 Å². The van der Waals surface area contributed by atoms with Crippen LogP contribution in [0.4, 0.5) is 0 Å². The summed E-state index contributed by atoms with van der Waals surface area (Å²) in [5.74, 6) is 0.0940. The maximum absolute atomic E-state index is 11.9. The van der Waals surface area contributed by atoms with E-state index in [9.17, 15) is 4.79 Å². The third-order valence-electron chi connectivity index (χ3n) is 3.36. The second kappa shape index (κ2) is 7.63. The number of amides is 1. The van der Waals surface area contributed by atoms with Crippen molar-refractivity contribution in [1.29, 1.82) is 0 Å². The number of nitrogens with zero attached hydrogens (tertiary/aromatic N) is 1. The fraction of sp³-hybridized carbons (Fsp3) is 0.917. The van der Waals surface area contributed by atoms with Crippen molar-refractivity contribution in [3.05, 3.63) is 0 Å². The first kappa shape index (κ1) is 15.4. The van der Waals surface area contributed by atoms with Crippen LogP contribution in [0.5, 0.6) is 0 Å². The van der Waals surface area contributed by atoms with Crippen molar-refractivity contribution in [3.8, 4) is 0 Å². The minimum absolute atomic E-state index is 0.0940. The number of hydrogen-bond donors (Lipinski definition) is 2. The Morgan fingerprint density at radius 3 is 2.19 bits per heavy atom. The summed E-state index contributed by atoms with van der Waals surface area (Å²) in [6.07, 6.45) is 1.95. The Labute approximate surface area is 99.6 Å². The van der Waals surface area contributed by atoms with Crippen LogP contribution in [-0.2, 0) is 4.79 Å². The molecule has 0 saturated carbocycles. The van der Waals surface area contributed by atoms with Crippen molar-refractivity contribution in [2.45, 2.75) is 58.7 Å². The third kappa shape index (κ3) is 4.49. The summed E-state index contributed by atoms with van der Waals surface area (Å²) in [4.78, 5) is 14.0. The van der Waals surface area contributed by atoms with Crippen LogP contribution in [0, 0.1) is 0 Å². The molecular weight excluding hydrogens is 202 g/mol. The molecule has 3 N–H and O–H groups in total. The number of hydrogen-bond acceptors (Lipinski definition) is 3. The molecule has 0 aliphatic rings. The van der Waals surface area contributed by atoms with Crippen molar-refractivity contribution in [2.75, 3.05) is 13.6 Å². The Morgan fingerprint density at radius 1 is 1.31 bits per heavy atom. The lowest BCUT2D eigenvalue weighted by Crippen LogP contribution is -2.50. The summed E-state index contributed by atoms with van der Waals surface area (Å²) in [7, 11) is 1.94. The van der Waals surface area contributed by atoms with Gasteiger partial charge in [-0.1, -0.05) is 13.8 Å². The summed E-state index contributed by atoms with van der Waals surface area (Å²) in [5.41, 5.74) is 5.59. The molecule has 0 heterocycles. The summed E-state index contributed by atoms with van der Waals surface area (Å²) in [5, 5.41) is 3.05. The molecule has 2 unspecified atom stereocenters. The van der Waals surface area contributed by atoms with Gasteiger partial charge in [0.15, 0.2) is 0 Å². The first-order chi connectivity index (χ1) is 7.47. The van der Waals surface area contributed by atoms with Crippen LogP contribution in [0.1, 0.15) is 40.5 Å². The second-order valence-electron chi connectivity index (χ2n) is 4.45. The molecule has 96 valence electrons. The fourth-order valence-corrected chi connectivity index (χ4v) is 1.55. The summed E-state index contributed by atoms with van der Waals surface area (Å²) in [6, 6.07) is 0.387. The summed E-state index contributed by atoms with van der Waals surface area (Å²) >= 11 is 0. The van der Waals surface area contributed by atoms with E-state index in [0.717, 1.165) is 12.8 Å². The molecule has 0 spiro atoms. The van der Waals surface area contributed by atoms with Crippen LogP contribution >= 0.6 is 0 Å². The number of nitrogens with one attached hydrogen (secondary N) is 1. The van der Waals surface area contributed by atoms with E-state index in [4.69, 9.17) is 5.73 Å². The second-order valence-corrected chi connectivity index (χ2v) is 4.45. The summed E-state index contributed by atoms with van der Waals surface area (Å²) < 4.78 is 0. The molecule has 16 heavy (non-hydrogen) atoms. The van der Waals surface area contributed by atoms with Gasteiger partial charge in [0.1, 0.15) is 0 Å². The monoisotopic (exact) mass is 229 g/mol. The van der Waals surface area contributed by atoms with E-state index in [1.165, 1.54) is 0 Å². The normalized spacial score (nSPS) is 15.2. The van der Waals surface area contributed by atoms with Gasteiger partial charge in [0, 0.05) is 18.6 Å². The summed E-state index contributed by atoms with van der Waals surface area (Å²) in [6.45, 7) is 8.69. The molecule has 0 radical (unpaired) electrons. The van der Waals surface area contributed by atoms with Crippen molar-refractivity contribution in [2.24, 2.45) is 5.73 Å². The van der Waals surface area contributed by atoms with Crippen LogP contribution in [-0.4, -0.2) is 42.5 Å². The first-order valence-electron chi connectivity index (χ1n) is 6.20. The predicted octanol–water partition coefficient (Wildman–Crippen LogP) is 0.959. The molecule has 0 aliphatic carbocycles. The Balaban J connectivity index is 4.26. The maximum atomic E-state index is 11.9. The van der Waals surface area contributed by atoms with Crippen molar-refractivity contribution < 1.29 is 4.79 Å². The molecule has 0 rings (SSSR count). The SMILES string of the molecule is CCC(CC)NC(=O)C(C)N(C)C(C)CN. The van der Waals surface area contributed by atoms with Crippen molar-refractivity contribution in [3.63, 3.8) is 0 Å². The first-order valence-corrected chi connectivity index (χ1v) is 6.20. The van der Waals surface area contributed by atoms with Crippen molar-refractivity contribution >= 4 is 5.91 Å². The highest BCUT2D eigenvalue weighted by molar-refractivity contribution is 5.81. The lowest BCUT2D eigenvalue weighted by molar-refractivity contribution is -0.126. The quantitative estimate of drug-likeness (QED) is 0.683. The van der Waals surface area contributed by atoms with E-state index in [-0.39, 0.29) is 24.0 Å². The van der Waals surface area contributed by atoms with Gasteiger partial charge >= 0.3 is 0 Å². The molecule has 4 heteroatoms. The number of rotatable bonds is 7. The Bertz CT molecular complexity index is 204. The molecule has 0 bridgehead atoms. The number of carbonyl (C=O) groups excluding carboxylic acids is 1. The molecule has 0 aromatic carbocycles. The molecule has 0 aromatic rings. The van der Waals surface area contributed by atoms with Crippen LogP contribution in [0.15, 0.2) is 0 Å². The molecule has 0 saturated heterocycles. The van der Waals surface area contributed by atoms with Gasteiger partial charge in [-0.15, -0.1) is 0 Å². The zero-order valence-electron chi connectivity index (χ0n) is 11.3. The van der Waals surface area contributed by atoms with E-state index in [2.05, 4.69) is 19.2 Å². The van der Waals surface area contributed by atoms with Crippen molar-refractivity contribution in [1.82, 2.24) is 10.2 Å². The Morgan fingerprint density at radius 2 is 1.81 bits per heavy atom. The van der Waals surface area contributed by atoms with Gasteiger partial charge in [0.05, 0.1) is 6.04 Å². The average molecular weight is 229 g/mol. The van der Waals surface area contributed by atoms with E-state index < -0.39 is 0 Å². The molecule has 0 fully saturated rings. The molecule has 0 aromatic heterocycles. The van der Waals surface area contributed by atoms with Gasteiger partial charge < -0.3 is 11.1 Å². The Kier molecular flexibility index (Phi) is 7.34. The smallest absolute Gasteiger partial charge is 0.237 e. The standard InChI is InChI=1S/C12H27N3O/c1-6-11(7-2)14-12(16)10(4)15(5)9(3)8-13/h9-11H,6-8,13H2,1-5H3,(H,14,16). The number of likely N-dealkylation sites (N-methyl/N-ethyl adjacent to an activating group) is 1. The van der Waals surface area contributed by atoms with Gasteiger partial charge in [-0.3, -0.25) is 9.69 Å². The van der Waals surface area contributed by atoms with Crippen LogP contribution in [0.25, 0.3) is 0 Å². The molecule has 4 nitrogen and oxygen atoms in total. The Hall–Kier alpha value is -0.610. The van der Waals surface area contributed by atoms with Gasteiger partial charge in [-0.05, 0) is 33.7 Å². The molecular formula is C12H27N3O. The molecule has 2 atom stereocenters. The maximum Gasteiger partial charge on any atom is 0.237 e. The highest BCUT2D eigenvalue weighted by Crippen LogP contribution is 2.03. The fourth-order valence-electron chi connectivity index (χ4n) is 1.55.